The van der Waals surface area contributed by atoms with E-state index in [4.69, 9.17) is 0 Å². The molecule has 218 valence electrons. The first kappa shape index (κ1) is 45.5. The second-order valence-electron chi connectivity index (χ2n) is 10.4. The predicted octanol–water partition coefficient (Wildman–Crippen LogP) is 7.87. The Balaban J connectivity index is -0.000000231. The second-order valence-corrected chi connectivity index (χ2v) is 11.8. The third kappa shape index (κ3) is 56.7. The number of carboxylic acid groups (broad SMARTS) is 2. The molecule has 0 N–H and O–H groups in total. The molecule has 0 aromatic carbocycles. The van der Waals surface area contributed by atoms with Crippen molar-refractivity contribution in [2.45, 2.75) is 192 Å². The molecule has 0 rings (SSSR count). The van der Waals surface area contributed by atoms with Crippen LogP contribution in [0.1, 0.15) is 188 Å². The summed E-state index contributed by atoms with van der Waals surface area (Å²) in [7, 11) is 0. The van der Waals surface area contributed by atoms with Crippen molar-refractivity contribution in [3.8, 4) is 0 Å². The van der Waals surface area contributed by atoms with Crippen molar-refractivity contribution in [2.24, 2.45) is 0 Å². The smallest absolute Gasteiger partial charge is 4.00 e. The van der Waals surface area contributed by atoms with E-state index in [-0.39, 0.29) is 36.7 Å². The van der Waals surface area contributed by atoms with Crippen molar-refractivity contribution in [1.29, 1.82) is 0 Å². The van der Waals surface area contributed by atoms with Gasteiger partial charge in [0, 0.05) is 11.9 Å². The Labute approximate surface area is 268 Å². The molecule has 0 radical (unpaired) electrons. The van der Waals surface area contributed by atoms with Crippen LogP contribution in [0.5, 0.6) is 0 Å². The summed E-state index contributed by atoms with van der Waals surface area (Å²) in [4.78, 5) is 20.2. The largest absolute Gasteiger partial charge is 4.00 e. The van der Waals surface area contributed by atoms with Crippen LogP contribution in [0.3, 0.4) is 0 Å². The third-order valence-electron chi connectivity index (χ3n) is 6.50. The summed E-state index contributed by atoms with van der Waals surface area (Å²) in [6.07, 6.45) is 31.0. The second kappa shape index (κ2) is 44.6. The number of carboxylic acids is 2. The van der Waals surface area contributed by atoms with Crippen LogP contribution in [0.4, 0.5) is 0 Å². The molecule has 6 heteroatoms. The van der Waals surface area contributed by atoms with Crippen LogP contribution in [0, 0.1) is 0 Å². The molecular formula is C32H63O4Sn2+5. The maximum Gasteiger partial charge on any atom is 4.00 e. The van der Waals surface area contributed by atoms with E-state index < -0.39 is 11.9 Å². The van der Waals surface area contributed by atoms with Gasteiger partial charge < -0.3 is 19.8 Å². The van der Waals surface area contributed by atoms with E-state index in [1.165, 1.54) is 133 Å². The molecule has 0 spiro atoms. The number of carbonyl (C=O) groups excluding carboxylic acids is 2. The van der Waals surface area contributed by atoms with Crippen molar-refractivity contribution in [3.05, 3.63) is 0 Å². The average molecular weight is 749 g/mol. The molecule has 0 aliphatic heterocycles. The van der Waals surface area contributed by atoms with E-state index in [1.807, 2.05) is 0 Å². The monoisotopic (exact) mass is 751 g/mol. The van der Waals surface area contributed by atoms with Gasteiger partial charge in [-0.25, -0.2) is 0 Å². The van der Waals surface area contributed by atoms with Gasteiger partial charge in [-0.2, -0.15) is 0 Å². The van der Waals surface area contributed by atoms with Gasteiger partial charge in [-0.15, -0.1) is 0 Å². The topological polar surface area (TPSA) is 80.3 Å². The zero-order chi connectivity index (χ0) is 28.2. The van der Waals surface area contributed by atoms with E-state index in [1.54, 1.807) is 22.5 Å². The summed E-state index contributed by atoms with van der Waals surface area (Å²) in [5.74, 6) is -1.82. The van der Waals surface area contributed by atoms with Crippen molar-refractivity contribution in [3.63, 3.8) is 0 Å². The quantitative estimate of drug-likeness (QED) is 0.0667. The minimum absolute atomic E-state index is 0. The number of carbonyl (C=O) groups is 2. The van der Waals surface area contributed by atoms with E-state index in [0.29, 0.717) is 0 Å². The molecule has 0 aromatic heterocycles. The van der Waals surface area contributed by atoms with E-state index in [9.17, 15) is 19.8 Å². The van der Waals surface area contributed by atoms with Gasteiger partial charge in [0.15, 0.2) is 0 Å². The summed E-state index contributed by atoms with van der Waals surface area (Å²) >= 11 is 1.71. The fourth-order valence-electron chi connectivity index (χ4n) is 4.07. The van der Waals surface area contributed by atoms with Crippen LogP contribution in [0.25, 0.3) is 0 Å². The van der Waals surface area contributed by atoms with Crippen LogP contribution in [0.15, 0.2) is 0 Å². The minimum Gasteiger partial charge on any atom is 4.00 e. The van der Waals surface area contributed by atoms with E-state index in [0.717, 1.165) is 25.7 Å². The van der Waals surface area contributed by atoms with Gasteiger partial charge in [0.25, 0.3) is 0 Å². The van der Waals surface area contributed by atoms with Crippen molar-refractivity contribution < 1.29 is 19.8 Å². The van der Waals surface area contributed by atoms with Gasteiger partial charge in [0.05, 0.1) is 0 Å². The molecule has 0 aliphatic rings. The molecule has 0 saturated carbocycles. The average Bonchev–Trinajstić information content (AvgIpc) is 2.87. The van der Waals surface area contributed by atoms with Crippen molar-refractivity contribution >= 4 is 58.4 Å². The number of rotatable bonds is 26. The van der Waals surface area contributed by atoms with Crippen LogP contribution >= 0.6 is 0 Å². The van der Waals surface area contributed by atoms with Gasteiger partial charge in [-0.05, 0) is 25.7 Å². The fraction of sp³-hybridized carbons (Fsp3) is 0.938. The molecule has 38 heavy (non-hydrogen) atoms. The predicted molar refractivity (Wildman–Crippen MR) is 163 cm³/mol. The molecule has 0 aliphatic carbocycles. The SMILES string of the molecule is CCCCCCCCCCCC(=O)[O-].CCCCCCCCCCCC(=O)[O-].CCCCCCC[CH2][Sn+3].[Sn+4]. The zero-order valence-electron chi connectivity index (χ0n) is 25.7. The van der Waals surface area contributed by atoms with Crippen LogP contribution < -0.4 is 10.2 Å². The molecule has 0 saturated heterocycles. The van der Waals surface area contributed by atoms with Crippen LogP contribution in [0.2, 0.25) is 4.44 Å². The number of hydrogen-bond donors (Lipinski definition) is 0. The Kier molecular flexibility index (Phi) is 53.4. The molecule has 0 unspecified atom stereocenters. The molecule has 0 aromatic rings. The Bertz CT molecular complexity index is 396. The third-order valence-corrected chi connectivity index (χ3v) is 7.51. The van der Waals surface area contributed by atoms with Crippen molar-refractivity contribution in [1.82, 2.24) is 0 Å². The maximum atomic E-state index is 10.1. The Morgan fingerprint density at radius 2 is 0.632 bits per heavy atom. The minimum atomic E-state index is -0.909. The molecule has 0 amide bonds. The molecular weight excluding hydrogens is 686 g/mol. The summed E-state index contributed by atoms with van der Waals surface area (Å²) < 4.78 is 1.46. The van der Waals surface area contributed by atoms with Gasteiger partial charge in [-0.1, -0.05) is 117 Å². The summed E-state index contributed by atoms with van der Waals surface area (Å²) in [6, 6.07) is 0. The molecule has 0 bridgehead atoms. The van der Waals surface area contributed by atoms with Gasteiger partial charge >= 0.3 is 96.3 Å². The molecule has 0 fully saturated rings. The van der Waals surface area contributed by atoms with Gasteiger partial charge in [-0.3, -0.25) is 0 Å². The summed E-state index contributed by atoms with van der Waals surface area (Å²) in [5.41, 5.74) is 0. The first-order valence-corrected chi connectivity index (χ1v) is 18.0. The fourth-order valence-corrected chi connectivity index (χ4v) is 4.78. The summed E-state index contributed by atoms with van der Waals surface area (Å²) in [6.45, 7) is 6.71. The number of aliphatic carboxylic acids is 2. The summed E-state index contributed by atoms with van der Waals surface area (Å²) in [5, 5.41) is 20.2. The van der Waals surface area contributed by atoms with Gasteiger partial charge in [0.1, 0.15) is 0 Å². The Morgan fingerprint density at radius 1 is 0.421 bits per heavy atom. The van der Waals surface area contributed by atoms with Crippen LogP contribution in [-0.2, 0) is 9.59 Å². The molecule has 0 heterocycles. The standard InChI is InChI=1S/2C12H24O2.C8H17.2Sn/c2*1-2-3-4-5-6-7-8-9-10-11-12(13)14;1-3-5-7-8-6-4-2;;/h2*2-11H2,1H3,(H,13,14);1,3-8H2,2H3;;/q;;;+3;+4/p-2. The van der Waals surface area contributed by atoms with E-state index in [2.05, 4.69) is 20.8 Å². The molecule has 4 nitrogen and oxygen atoms in total. The Morgan fingerprint density at radius 3 is 0.842 bits per heavy atom. The van der Waals surface area contributed by atoms with Crippen molar-refractivity contribution in [2.75, 3.05) is 0 Å². The first-order chi connectivity index (χ1) is 18.0. The Hall–Kier alpha value is 0.537. The maximum absolute atomic E-state index is 10.1. The van der Waals surface area contributed by atoms with E-state index >= 15 is 0 Å². The van der Waals surface area contributed by atoms with Crippen LogP contribution in [-0.4, -0.2) is 58.4 Å². The van der Waals surface area contributed by atoms with Gasteiger partial charge in [0.2, 0.25) is 0 Å². The number of hydrogen-bond acceptors (Lipinski definition) is 4. The first-order valence-electron chi connectivity index (χ1n) is 16.0. The number of unbranched alkanes of at least 4 members (excludes halogenated alkanes) is 21. The zero-order valence-corrected chi connectivity index (χ0v) is 31.4. The normalized spacial score (nSPS) is 10.0. The molecule has 0 atom stereocenters.